The van der Waals surface area contributed by atoms with Gasteiger partial charge in [0.15, 0.2) is 11.5 Å². The van der Waals surface area contributed by atoms with E-state index in [4.69, 9.17) is 9.47 Å². The lowest BCUT2D eigenvalue weighted by atomic mass is 10.1. The average molecular weight is 407 g/mol. The maximum Gasteiger partial charge on any atom is 0.253 e. The molecular weight excluding hydrogens is 380 g/mol. The number of carbonyl (C=O) groups excluding carboxylic acids is 1. The molecule has 1 N–H and O–H groups in total. The van der Waals surface area contributed by atoms with Crippen molar-refractivity contribution in [3.05, 3.63) is 53.1 Å². The van der Waals surface area contributed by atoms with E-state index >= 15 is 0 Å². The first-order valence-corrected chi connectivity index (χ1v) is 10.2. The van der Waals surface area contributed by atoms with Crippen molar-refractivity contribution in [1.29, 1.82) is 0 Å². The molecule has 0 aliphatic heterocycles. The van der Waals surface area contributed by atoms with Gasteiger partial charge in [-0.1, -0.05) is 12.1 Å². The number of nitrogens with zero attached hydrogens (tertiary/aromatic N) is 1. The molecule has 0 aromatic heterocycles. The van der Waals surface area contributed by atoms with Gasteiger partial charge in [0.1, 0.15) is 0 Å². The summed E-state index contributed by atoms with van der Waals surface area (Å²) in [6, 6.07) is 10.2. The highest BCUT2D eigenvalue weighted by atomic mass is 32.2. The minimum absolute atomic E-state index is 0.0669. The predicted octanol–water partition coefficient (Wildman–Crippen LogP) is 2.24. The van der Waals surface area contributed by atoms with Crippen LogP contribution >= 0.6 is 0 Å². The lowest BCUT2D eigenvalue weighted by Crippen LogP contribution is -2.30. The first-order valence-electron chi connectivity index (χ1n) is 8.74. The van der Waals surface area contributed by atoms with Crippen molar-refractivity contribution >= 4 is 15.9 Å². The molecule has 152 valence electrons. The van der Waals surface area contributed by atoms with Crippen LogP contribution in [0.2, 0.25) is 0 Å². The number of hydrogen-bond acceptors (Lipinski definition) is 5. The van der Waals surface area contributed by atoms with Gasteiger partial charge in [0.2, 0.25) is 10.0 Å². The number of rotatable bonds is 8. The number of sulfonamides is 1. The molecule has 0 atom stereocenters. The van der Waals surface area contributed by atoms with E-state index in [0.717, 1.165) is 11.1 Å². The lowest BCUT2D eigenvalue weighted by Gasteiger charge is -2.19. The number of ether oxygens (including phenoxy) is 2. The third kappa shape index (κ3) is 4.82. The standard InChI is InChI=1S/C20H26N2O5S/c1-14-6-8-16(28(24,25)21-2)13-17(14)20(23)22(3)11-10-15-7-9-18(26-4)19(12-15)27-5/h6-9,12-13,21H,10-11H2,1-5H3. The second-order valence-electron chi connectivity index (χ2n) is 6.35. The van der Waals surface area contributed by atoms with E-state index in [0.29, 0.717) is 30.0 Å². The smallest absolute Gasteiger partial charge is 0.253 e. The molecule has 0 bridgehead atoms. The number of likely N-dealkylation sites (N-methyl/N-ethyl adjacent to an activating group) is 1. The van der Waals surface area contributed by atoms with Crippen molar-refractivity contribution < 1.29 is 22.7 Å². The number of carbonyl (C=O) groups is 1. The monoisotopic (exact) mass is 406 g/mol. The number of hydrogen-bond donors (Lipinski definition) is 1. The van der Waals surface area contributed by atoms with E-state index in [1.807, 2.05) is 18.2 Å². The first-order chi connectivity index (χ1) is 13.2. The van der Waals surface area contributed by atoms with Gasteiger partial charge in [-0.2, -0.15) is 0 Å². The average Bonchev–Trinajstić information content (AvgIpc) is 2.71. The molecule has 0 spiro atoms. The summed E-state index contributed by atoms with van der Waals surface area (Å²) < 4.78 is 36.8. The van der Waals surface area contributed by atoms with Gasteiger partial charge in [-0.3, -0.25) is 4.79 Å². The van der Waals surface area contributed by atoms with Crippen LogP contribution < -0.4 is 14.2 Å². The fourth-order valence-electron chi connectivity index (χ4n) is 2.76. The second kappa shape index (κ2) is 9.07. The van der Waals surface area contributed by atoms with Crippen molar-refractivity contribution in [3.8, 4) is 11.5 Å². The Balaban J connectivity index is 2.16. The summed E-state index contributed by atoms with van der Waals surface area (Å²) in [4.78, 5) is 14.5. The van der Waals surface area contributed by atoms with Gasteiger partial charge in [0.05, 0.1) is 19.1 Å². The molecular formula is C20H26N2O5S. The zero-order valence-corrected chi connectivity index (χ0v) is 17.6. The predicted molar refractivity (Wildman–Crippen MR) is 108 cm³/mol. The van der Waals surface area contributed by atoms with Crippen molar-refractivity contribution in [1.82, 2.24) is 9.62 Å². The highest BCUT2D eigenvalue weighted by molar-refractivity contribution is 7.89. The van der Waals surface area contributed by atoms with Crippen LogP contribution in [0.1, 0.15) is 21.5 Å². The molecule has 0 radical (unpaired) electrons. The van der Waals surface area contributed by atoms with E-state index in [9.17, 15) is 13.2 Å². The van der Waals surface area contributed by atoms with Gasteiger partial charge in [-0.25, -0.2) is 13.1 Å². The van der Waals surface area contributed by atoms with Crippen LogP contribution in [-0.2, 0) is 16.4 Å². The van der Waals surface area contributed by atoms with Gasteiger partial charge in [0.25, 0.3) is 5.91 Å². The Morgan fingerprint density at radius 1 is 1.07 bits per heavy atom. The van der Waals surface area contributed by atoms with E-state index in [2.05, 4.69) is 4.72 Å². The van der Waals surface area contributed by atoms with Crippen LogP contribution in [0, 0.1) is 6.92 Å². The van der Waals surface area contributed by atoms with E-state index in [1.54, 1.807) is 39.2 Å². The van der Waals surface area contributed by atoms with Crippen molar-refractivity contribution in [2.24, 2.45) is 0 Å². The Morgan fingerprint density at radius 2 is 1.75 bits per heavy atom. The molecule has 7 nitrogen and oxygen atoms in total. The minimum atomic E-state index is -3.61. The molecule has 0 aliphatic carbocycles. The van der Waals surface area contributed by atoms with Gasteiger partial charge < -0.3 is 14.4 Å². The maximum atomic E-state index is 12.8. The minimum Gasteiger partial charge on any atom is -0.493 e. The van der Waals surface area contributed by atoms with Crippen molar-refractivity contribution in [2.45, 2.75) is 18.2 Å². The summed E-state index contributed by atoms with van der Waals surface area (Å²) in [5.41, 5.74) is 2.09. The molecule has 2 aromatic carbocycles. The zero-order valence-electron chi connectivity index (χ0n) is 16.8. The first kappa shape index (κ1) is 21.7. The Bertz CT molecular complexity index is 957. The van der Waals surface area contributed by atoms with Gasteiger partial charge >= 0.3 is 0 Å². The van der Waals surface area contributed by atoms with Crippen LogP contribution in [0.15, 0.2) is 41.3 Å². The number of benzene rings is 2. The Kier molecular flexibility index (Phi) is 7.04. The summed E-state index contributed by atoms with van der Waals surface area (Å²) >= 11 is 0. The molecule has 0 unspecified atom stereocenters. The second-order valence-corrected chi connectivity index (χ2v) is 8.24. The molecule has 0 fully saturated rings. The van der Waals surface area contributed by atoms with Crippen molar-refractivity contribution in [3.63, 3.8) is 0 Å². The summed E-state index contributed by atoms with van der Waals surface area (Å²) in [6.45, 7) is 2.25. The SMILES string of the molecule is CNS(=O)(=O)c1ccc(C)c(C(=O)N(C)CCc2ccc(OC)c(OC)c2)c1. The summed E-state index contributed by atoms with van der Waals surface area (Å²) in [5.74, 6) is 1.05. The maximum absolute atomic E-state index is 12.8. The number of nitrogens with one attached hydrogen (secondary N) is 1. The summed E-state index contributed by atoms with van der Waals surface area (Å²) in [6.07, 6.45) is 0.621. The molecule has 28 heavy (non-hydrogen) atoms. The van der Waals surface area contributed by atoms with Crippen LogP contribution in [0.4, 0.5) is 0 Å². The van der Waals surface area contributed by atoms with Crippen LogP contribution in [0.3, 0.4) is 0 Å². The van der Waals surface area contributed by atoms with Gasteiger partial charge in [-0.05, 0) is 55.8 Å². The third-order valence-electron chi connectivity index (χ3n) is 4.55. The number of amides is 1. The number of methoxy groups -OCH3 is 2. The molecule has 0 saturated heterocycles. The third-order valence-corrected chi connectivity index (χ3v) is 5.96. The van der Waals surface area contributed by atoms with Gasteiger partial charge in [-0.15, -0.1) is 0 Å². The summed E-state index contributed by atoms with van der Waals surface area (Å²) in [7, 11) is 2.58. The fourth-order valence-corrected chi connectivity index (χ4v) is 3.51. The van der Waals surface area contributed by atoms with Crippen molar-refractivity contribution in [2.75, 3.05) is 34.9 Å². The molecule has 0 aliphatic rings. The Hall–Kier alpha value is -2.58. The largest absolute Gasteiger partial charge is 0.493 e. The highest BCUT2D eigenvalue weighted by Gasteiger charge is 2.19. The van der Waals surface area contributed by atoms with E-state index < -0.39 is 10.0 Å². The zero-order chi connectivity index (χ0) is 20.9. The quantitative estimate of drug-likeness (QED) is 0.727. The fraction of sp³-hybridized carbons (Fsp3) is 0.350. The molecule has 2 aromatic rings. The highest BCUT2D eigenvalue weighted by Crippen LogP contribution is 2.27. The molecule has 8 heteroatoms. The Morgan fingerprint density at radius 3 is 2.36 bits per heavy atom. The molecule has 0 saturated carbocycles. The molecule has 0 heterocycles. The van der Waals surface area contributed by atoms with E-state index in [1.165, 1.54) is 19.2 Å². The van der Waals surface area contributed by atoms with Crippen LogP contribution in [-0.4, -0.2) is 54.1 Å². The topological polar surface area (TPSA) is 84.9 Å². The summed E-state index contributed by atoms with van der Waals surface area (Å²) in [5, 5.41) is 0. The molecule has 1 amide bonds. The van der Waals surface area contributed by atoms with E-state index in [-0.39, 0.29) is 10.8 Å². The lowest BCUT2D eigenvalue weighted by molar-refractivity contribution is 0.0795. The normalized spacial score (nSPS) is 11.2. The van der Waals surface area contributed by atoms with Gasteiger partial charge in [0, 0.05) is 19.2 Å². The van der Waals surface area contributed by atoms with Crippen LogP contribution in [0.25, 0.3) is 0 Å². The Labute approximate surface area is 166 Å². The van der Waals surface area contributed by atoms with Crippen LogP contribution in [0.5, 0.6) is 11.5 Å². The number of aryl methyl sites for hydroxylation is 1. The molecule has 2 rings (SSSR count).